The van der Waals surface area contributed by atoms with Crippen LogP contribution in [0.5, 0.6) is 0 Å². The molecule has 0 radical (unpaired) electrons. The van der Waals surface area contributed by atoms with Crippen molar-refractivity contribution in [2.75, 3.05) is 33.0 Å². The quantitative estimate of drug-likeness (QED) is 0.648. The average Bonchev–Trinajstić information content (AvgIpc) is 2.49. The van der Waals surface area contributed by atoms with Gasteiger partial charge in [0.1, 0.15) is 6.61 Å². The lowest BCUT2D eigenvalue weighted by Crippen LogP contribution is -2.44. The minimum atomic E-state index is -0.544. The number of hydrogen-bond acceptors (Lipinski definition) is 4. The molecule has 2 rings (SSSR count). The Morgan fingerprint density at radius 2 is 2.07 bits per heavy atom. The molecule has 0 saturated carbocycles. The fourth-order valence-electron chi connectivity index (χ4n) is 1.57. The number of nitrogens with one attached hydrogen (secondary N) is 1. The maximum Gasteiger partial charge on any atom is 0.204 e. The Kier molecular flexibility index (Phi) is 4.34. The van der Waals surface area contributed by atoms with E-state index in [1.54, 1.807) is 0 Å². The monoisotopic (exact) mass is 221 g/mol. The van der Waals surface area contributed by atoms with Crippen LogP contribution in [0.15, 0.2) is 12.7 Å². The van der Waals surface area contributed by atoms with Crippen molar-refractivity contribution in [2.24, 2.45) is 0 Å². The van der Waals surface area contributed by atoms with Crippen LogP contribution in [0.3, 0.4) is 0 Å². The molecular formula is C9H16ClNO3. The molecule has 2 fully saturated rings. The van der Waals surface area contributed by atoms with E-state index in [0.717, 1.165) is 0 Å². The van der Waals surface area contributed by atoms with Crippen LogP contribution in [0, 0.1) is 0 Å². The van der Waals surface area contributed by atoms with E-state index in [2.05, 4.69) is 11.9 Å². The molecule has 1 atom stereocenters. The topological polar surface area (TPSA) is 39.7 Å². The van der Waals surface area contributed by atoms with Crippen molar-refractivity contribution in [3.63, 3.8) is 0 Å². The minimum absolute atomic E-state index is 0. The first-order chi connectivity index (χ1) is 6.35. The number of ether oxygens (including phenoxy) is 3. The molecule has 1 unspecified atom stereocenters. The van der Waals surface area contributed by atoms with Crippen molar-refractivity contribution >= 4 is 12.4 Å². The van der Waals surface area contributed by atoms with Crippen LogP contribution < -0.4 is 5.32 Å². The summed E-state index contributed by atoms with van der Waals surface area (Å²) in [7, 11) is 0. The van der Waals surface area contributed by atoms with Crippen molar-refractivity contribution in [1.82, 2.24) is 5.32 Å². The first-order valence-electron chi connectivity index (χ1n) is 4.56. The second kappa shape index (κ2) is 5.09. The zero-order valence-electron chi connectivity index (χ0n) is 8.03. The fraction of sp³-hybridized carbons (Fsp3) is 0.778. The van der Waals surface area contributed by atoms with Crippen LogP contribution >= 0.6 is 12.4 Å². The summed E-state index contributed by atoms with van der Waals surface area (Å²) in [6, 6.07) is 0.201. The highest BCUT2D eigenvalue weighted by Gasteiger charge is 2.38. The van der Waals surface area contributed by atoms with Gasteiger partial charge in [-0.2, -0.15) is 0 Å². The molecule has 0 bridgehead atoms. The second-order valence-electron chi connectivity index (χ2n) is 3.35. The Balaban J connectivity index is 0.000000980. The molecule has 2 aliphatic heterocycles. The Labute approximate surface area is 90.0 Å². The van der Waals surface area contributed by atoms with E-state index >= 15 is 0 Å². The van der Waals surface area contributed by atoms with Crippen molar-refractivity contribution < 1.29 is 14.2 Å². The Morgan fingerprint density at radius 3 is 2.71 bits per heavy atom. The van der Waals surface area contributed by atoms with Crippen molar-refractivity contribution in [2.45, 2.75) is 11.8 Å². The van der Waals surface area contributed by atoms with E-state index in [9.17, 15) is 0 Å². The Morgan fingerprint density at radius 1 is 1.36 bits per heavy atom. The molecule has 0 aromatic heterocycles. The molecule has 2 aliphatic rings. The summed E-state index contributed by atoms with van der Waals surface area (Å²) in [6.07, 6.45) is 1.84. The standard InChI is InChI=1S/C9H15NO3.ClH/c1-2-8-5-11-7-9(6-10-8)12-3-4-13-9;/h2,8,10H,1,3-7H2;1H. The van der Waals surface area contributed by atoms with Crippen LogP contribution in [0.1, 0.15) is 0 Å². The molecule has 5 heteroatoms. The summed E-state index contributed by atoms with van der Waals surface area (Å²) in [5, 5.41) is 3.27. The van der Waals surface area contributed by atoms with Gasteiger partial charge in [-0.1, -0.05) is 6.08 Å². The molecule has 0 aliphatic carbocycles. The van der Waals surface area contributed by atoms with Crippen LogP contribution in [0.2, 0.25) is 0 Å². The normalized spacial score (nSPS) is 30.7. The van der Waals surface area contributed by atoms with Gasteiger partial charge in [-0.25, -0.2) is 0 Å². The highest BCUT2D eigenvalue weighted by atomic mass is 35.5. The highest BCUT2D eigenvalue weighted by molar-refractivity contribution is 5.85. The molecule has 0 aromatic rings. The first kappa shape index (κ1) is 11.9. The van der Waals surface area contributed by atoms with Crippen LogP contribution in [-0.4, -0.2) is 44.8 Å². The van der Waals surface area contributed by atoms with Gasteiger partial charge >= 0.3 is 0 Å². The van der Waals surface area contributed by atoms with E-state index in [4.69, 9.17) is 14.2 Å². The van der Waals surface area contributed by atoms with Gasteiger partial charge < -0.3 is 19.5 Å². The molecule has 1 N–H and O–H groups in total. The third kappa shape index (κ3) is 2.46. The van der Waals surface area contributed by atoms with Crippen LogP contribution in [-0.2, 0) is 14.2 Å². The summed E-state index contributed by atoms with van der Waals surface area (Å²) in [6.45, 7) is 6.84. The molecule has 4 nitrogen and oxygen atoms in total. The zero-order chi connectivity index (χ0) is 9.15. The van der Waals surface area contributed by atoms with Crippen LogP contribution in [0.4, 0.5) is 0 Å². The number of halogens is 1. The predicted octanol–water partition coefficient (Wildman–Crippen LogP) is 0.326. The maximum absolute atomic E-state index is 5.51. The molecule has 14 heavy (non-hydrogen) atoms. The largest absolute Gasteiger partial charge is 0.374 e. The van der Waals surface area contributed by atoms with Crippen molar-refractivity contribution in [3.8, 4) is 0 Å². The smallest absolute Gasteiger partial charge is 0.204 e. The average molecular weight is 222 g/mol. The molecule has 1 spiro atoms. The SMILES string of the molecule is C=CC1COCC2(CN1)OCCO2.Cl. The summed E-state index contributed by atoms with van der Waals surface area (Å²) < 4.78 is 16.5. The van der Waals surface area contributed by atoms with Gasteiger partial charge in [-0.15, -0.1) is 19.0 Å². The van der Waals surface area contributed by atoms with E-state index in [0.29, 0.717) is 33.0 Å². The number of hydrogen-bond donors (Lipinski definition) is 1. The molecular weight excluding hydrogens is 206 g/mol. The van der Waals surface area contributed by atoms with Gasteiger partial charge in [0.05, 0.1) is 26.4 Å². The third-order valence-electron chi connectivity index (χ3n) is 2.35. The molecule has 0 amide bonds. The zero-order valence-corrected chi connectivity index (χ0v) is 8.85. The first-order valence-corrected chi connectivity index (χ1v) is 4.56. The van der Waals surface area contributed by atoms with E-state index in [-0.39, 0.29) is 18.4 Å². The van der Waals surface area contributed by atoms with Gasteiger partial charge in [-0.3, -0.25) is 0 Å². The van der Waals surface area contributed by atoms with Gasteiger partial charge in [-0.05, 0) is 0 Å². The molecule has 0 aromatic carbocycles. The predicted molar refractivity (Wildman–Crippen MR) is 54.7 cm³/mol. The van der Waals surface area contributed by atoms with Gasteiger partial charge in [0.2, 0.25) is 5.79 Å². The summed E-state index contributed by atoms with van der Waals surface area (Å²) in [5.74, 6) is -0.544. The van der Waals surface area contributed by atoms with Gasteiger partial charge in [0.25, 0.3) is 0 Å². The minimum Gasteiger partial charge on any atom is -0.374 e. The summed E-state index contributed by atoms with van der Waals surface area (Å²) in [5.41, 5.74) is 0. The van der Waals surface area contributed by atoms with Gasteiger partial charge in [0.15, 0.2) is 0 Å². The number of rotatable bonds is 1. The second-order valence-corrected chi connectivity index (χ2v) is 3.35. The fourth-order valence-corrected chi connectivity index (χ4v) is 1.57. The molecule has 82 valence electrons. The Bertz CT molecular complexity index is 194. The lowest BCUT2D eigenvalue weighted by Gasteiger charge is -2.24. The molecule has 2 saturated heterocycles. The molecule has 2 heterocycles. The van der Waals surface area contributed by atoms with E-state index in [1.807, 2.05) is 6.08 Å². The Hall–Kier alpha value is -0.130. The van der Waals surface area contributed by atoms with Crippen molar-refractivity contribution in [1.29, 1.82) is 0 Å². The highest BCUT2D eigenvalue weighted by Crippen LogP contribution is 2.20. The third-order valence-corrected chi connectivity index (χ3v) is 2.35. The lowest BCUT2D eigenvalue weighted by molar-refractivity contribution is -0.181. The van der Waals surface area contributed by atoms with Crippen molar-refractivity contribution in [3.05, 3.63) is 12.7 Å². The maximum atomic E-state index is 5.51. The van der Waals surface area contributed by atoms with E-state index in [1.165, 1.54) is 0 Å². The summed E-state index contributed by atoms with van der Waals surface area (Å²) in [4.78, 5) is 0. The van der Waals surface area contributed by atoms with Gasteiger partial charge in [0, 0.05) is 6.04 Å². The lowest BCUT2D eigenvalue weighted by atomic mass is 10.2. The van der Waals surface area contributed by atoms with E-state index < -0.39 is 5.79 Å². The van der Waals surface area contributed by atoms with Crippen LogP contribution in [0.25, 0.3) is 0 Å². The summed E-state index contributed by atoms with van der Waals surface area (Å²) >= 11 is 0.